The van der Waals surface area contributed by atoms with Crippen molar-refractivity contribution in [3.8, 4) is 0 Å². The largest absolute Gasteiger partial charge is 0.459 e. The Kier molecular flexibility index (Phi) is 5.31. The van der Waals surface area contributed by atoms with Crippen LogP contribution in [0.15, 0.2) is 34.7 Å². The van der Waals surface area contributed by atoms with Crippen molar-refractivity contribution in [2.45, 2.75) is 6.04 Å². The van der Waals surface area contributed by atoms with Crippen molar-refractivity contribution in [3.05, 3.63) is 36.1 Å². The first-order valence-electron chi connectivity index (χ1n) is 6.59. The Balaban J connectivity index is 1.96. The number of hydrogen-bond donors (Lipinski definition) is 1. The molecule has 1 aromatic heterocycles. The highest BCUT2D eigenvalue weighted by Gasteiger charge is 2.14. The Morgan fingerprint density at radius 2 is 2.11 bits per heavy atom. The fraction of sp³-hybridized carbons (Fsp3) is 0.467. The lowest BCUT2D eigenvalue weighted by Gasteiger charge is -2.14. The maximum Gasteiger partial charge on any atom is 0.134 e. The topological polar surface area (TPSA) is 28.4 Å². The minimum absolute atomic E-state index is 0.277. The number of nitrogens with zero attached hydrogens (tertiary/aromatic N) is 1. The molecule has 1 heterocycles. The van der Waals surface area contributed by atoms with Gasteiger partial charge in [0.05, 0.1) is 6.04 Å². The molecular formula is C15H22N2OS. The summed E-state index contributed by atoms with van der Waals surface area (Å²) in [6.07, 6.45) is 0. The number of thioether (sulfide) groups is 1. The Morgan fingerprint density at radius 1 is 1.32 bits per heavy atom. The molecule has 0 fully saturated rings. The fourth-order valence-corrected chi connectivity index (χ4v) is 3.16. The molecule has 1 N–H and O–H groups in total. The van der Waals surface area contributed by atoms with Crippen LogP contribution in [-0.4, -0.2) is 44.1 Å². The van der Waals surface area contributed by atoms with E-state index < -0.39 is 0 Å². The maximum atomic E-state index is 5.91. The third-order valence-electron chi connectivity index (χ3n) is 3.10. The third-order valence-corrected chi connectivity index (χ3v) is 4.14. The molecule has 0 spiro atoms. The summed E-state index contributed by atoms with van der Waals surface area (Å²) >= 11 is 1.95. The average molecular weight is 278 g/mol. The lowest BCUT2D eigenvalue weighted by atomic mass is 10.2. The van der Waals surface area contributed by atoms with Crippen LogP contribution < -0.4 is 5.32 Å². The van der Waals surface area contributed by atoms with Crippen LogP contribution in [0.4, 0.5) is 0 Å². The van der Waals surface area contributed by atoms with Crippen LogP contribution in [0.2, 0.25) is 0 Å². The first-order valence-corrected chi connectivity index (χ1v) is 7.74. The highest BCUT2D eigenvalue weighted by Crippen LogP contribution is 2.25. The molecule has 0 aliphatic carbocycles. The molecule has 104 valence electrons. The molecule has 0 amide bonds. The van der Waals surface area contributed by atoms with Gasteiger partial charge in [-0.15, -0.1) is 0 Å². The molecule has 0 bridgehead atoms. The summed E-state index contributed by atoms with van der Waals surface area (Å²) in [5, 5.41) is 4.52. The van der Waals surface area contributed by atoms with Crippen LogP contribution in [0.1, 0.15) is 11.8 Å². The Morgan fingerprint density at radius 3 is 2.79 bits per heavy atom. The first kappa shape index (κ1) is 14.4. The van der Waals surface area contributed by atoms with Crippen molar-refractivity contribution in [3.63, 3.8) is 0 Å². The fourth-order valence-electron chi connectivity index (χ4n) is 1.93. The molecule has 19 heavy (non-hydrogen) atoms. The highest BCUT2D eigenvalue weighted by molar-refractivity contribution is 7.99. The SMILES string of the molecule is CNC(CSCCN(C)C)c1cc2ccccc2o1. The number of benzene rings is 1. The normalized spacial score (nSPS) is 13.3. The molecule has 2 aromatic rings. The second-order valence-electron chi connectivity index (χ2n) is 4.91. The van der Waals surface area contributed by atoms with Gasteiger partial charge in [-0.25, -0.2) is 0 Å². The molecule has 3 nitrogen and oxygen atoms in total. The summed E-state index contributed by atoms with van der Waals surface area (Å²) in [7, 11) is 6.20. The standard InChI is InChI=1S/C15H22N2OS/c1-16-13(11-19-9-8-17(2)3)15-10-12-6-4-5-7-14(12)18-15/h4-7,10,13,16H,8-9,11H2,1-3H3. The number of rotatable bonds is 7. The van der Waals surface area contributed by atoms with Crippen molar-refractivity contribution < 1.29 is 4.42 Å². The van der Waals surface area contributed by atoms with Crippen LogP contribution in [0, 0.1) is 0 Å². The quantitative estimate of drug-likeness (QED) is 0.788. The van der Waals surface area contributed by atoms with Gasteiger partial charge in [-0.3, -0.25) is 0 Å². The number of furan rings is 1. The van der Waals surface area contributed by atoms with Gasteiger partial charge in [-0.1, -0.05) is 18.2 Å². The Labute approximate surface area is 119 Å². The van der Waals surface area contributed by atoms with Crippen LogP contribution in [0.5, 0.6) is 0 Å². The number of para-hydroxylation sites is 1. The van der Waals surface area contributed by atoms with Gasteiger partial charge < -0.3 is 14.6 Å². The highest BCUT2D eigenvalue weighted by atomic mass is 32.2. The summed E-state index contributed by atoms with van der Waals surface area (Å²) in [5.41, 5.74) is 0.969. The van der Waals surface area contributed by atoms with Crippen LogP contribution in [0.25, 0.3) is 11.0 Å². The summed E-state index contributed by atoms with van der Waals surface area (Å²) in [6.45, 7) is 1.11. The number of fused-ring (bicyclic) bond motifs is 1. The van der Waals surface area contributed by atoms with E-state index in [9.17, 15) is 0 Å². The van der Waals surface area contributed by atoms with Crippen LogP contribution >= 0.6 is 11.8 Å². The van der Waals surface area contributed by atoms with Crippen LogP contribution in [0.3, 0.4) is 0 Å². The monoisotopic (exact) mass is 278 g/mol. The molecule has 0 radical (unpaired) electrons. The van der Waals surface area contributed by atoms with E-state index in [1.165, 1.54) is 5.39 Å². The van der Waals surface area contributed by atoms with E-state index in [1.54, 1.807) is 0 Å². The van der Waals surface area contributed by atoms with Crippen molar-refractivity contribution in [1.29, 1.82) is 0 Å². The zero-order valence-electron chi connectivity index (χ0n) is 11.8. The van der Waals surface area contributed by atoms with Gasteiger partial charge in [0.2, 0.25) is 0 Å². The van der Waals surface area contributed by atoms with E-state index in [4.69, 9.17) is 4.42 Å². The number of nitrogens with one attached hydrogen (secondary N) is 1. The Bertz CT molecular complexity index is 477. The van der Waals surface area contributed by atoms with E-state index in [2.05, 4.69) is 36.4 Å². The molecule has 0 aliphatic rings. The van der Waals surface area contributed by atoms with E-state index >= 15 is 0 Å². The van der Waals surface area contributed by atoms with Crippen molar-refractivity contribution in [2.24, 2.45) is 0 Å². The van der Waals surface area contributed by atoms with E-state index in [0.717, 1.165) is 29.4 Å². The molecule has 0 saturated carbocycles. The zero-order valence-corrected chi connectivity index (χ0v) is 12.7. The summed E-state index contributed by atoms with van der Waals surface area (Å²) < 4.78 is 5.91. The summed E-state index contributed by atoms with van der Waals surface area (Å²) in [5.74, 6) is 3.20. The summed E-state index contributed by atoms with van der Waals surface area (Å²) in [4.78, 5) is 2.21. The van der Waals surface area contributed by atoms with Gasteiger partial charge >= 0.3 is 0 Å². The molecule has 4 heteroatoms. The summed E-state index contributed by atoms with van der Waals surface area (Å²) in [6, 6.07) is 10.6. The lowest BCUT2D eigenvalue weighted by molar-refractivity contribution is 0.437. The predicted octanol–water partition coefficient (Wildman–Crippen LogP) is 2.99. The van der Waals surface area contributed by atoms with E-state index in [1.807, 2.05) is 37.0 Å². The van der Waals surface area contributed by atoms with Crippen molar-refractivity contribution >= 4 is 22.7 Å². The second-order valence-corrected chi connectivity index (χ2v) is 6.06. The molecule has 1 atom stereocenters. The maximum absolute atomic E-state index is 5.91. The van der Waals surface area contributed by atoms with Gasteiger partial charge in [0.25, 0.3) is 0 Å². The van der Waals surface area contributed by atoms with E-state index in [0.29, 0.717) is 0 Å². The average Bonchev–Trinajstić information content (AvgIpc) is 2.82. The minimum atomic E-state index is 0.277. The Hall–Kier alpha value is -0.970. The van der Waals surface area contributed by atoms with Crippen LogP contribution in [-0.2, 0) is 0 Å². The van der Waals surface area contributed by atoms with E-state index in [-0.39, 0.29) is 6.04 Å². The number of hydrogen-bond acceptors (Lipinski definition) is 4. The first-order chi connectivity index (χ1) is 9.20. The van der Waals surface area contributed by atoms with Gasteiger partial charge in [0, 0.05) is 23.4 Å². The smallest absolute Gasteiger partial charge is 0.134 e. The molecule has 2 rings (SSSR count). The van der Waals surface area contributed by atoms with Gasteiger partial charge in [-0.2, -0.15) is 11.8 Å². The molecular weight excluding hydrogens is 256 g/mol. The zero-order chi connectivity index (χ0) is 13.7. The van der Waals surface area contributed by atoms with Gasteiger partial charge in [0.1, 0.15) is 11.3 Å². The van der Waals surface area contributed by atoms with Gasteiger partial charge in [0.15, 0.2) is 0 Å². The van der Waals surface area contributed by atoms with Crippen molar-refractivity contribution in [1.82, 2.24) is 10.2 Å². The minimum Gasteiger partial charge on any atom is -0.459 e. The van der Waals surface area contributed by atoms with Gasteiger partial charge in [-0.05, 0) is 33.3 Å². The lowest BCUT2D eigenvalue weighted by Crippen LogP contribution is -2.20. The molecule has 0 aliphatic heterocycles. The predicted molar refractivity (Wildman–Crippen MR) is 83.9 cm³/mol. The van der Waals surface area contributed by atoms with Crippen molar-refractivity contribution in [2.75, 3.05) is 39.2 Å². The molecule has 0 saturated heterocycles. The third kappa shape index (κ3) is 4.00. The molecule has 1 unspecified atom stereocenters. The molecule has 1 aromatic carbocycles. The second kappa shape index (κ2) is 6.98.